The van der Waals surface area contributed by atoms with Crippen LogP contribution in [0, 0.1) is 6.92 Å². The summed E-state index contributed by atoms with van der Waals surface area (Å²) in [5.74, 6) is -0.239. The molecule has 0 unspecified atom stereocenters. The number of hydrogen-bond acceptors (Lipinski definition) is 4. The quantitative estimate of drug-likeness (QED) is 0.928. The maximum atomic E-state index is 12.4. The first-order valence-corrected chi connectivity index (χ1v) is 6.95. The number of carbonyl (C=O) groups excluding carboxylic acids is 1. The van der Waals surface area contributed by atoms with E-state index in [-0.39, 0.29) is 28.9 Å². The van der Waals surface area contributed by atoms with Gasteiger partial charge in [0.25, 0.3) is 5.91 Å². The van der Waals surface area contributed by atoms with E-state index in [1.165, 1.54) is 17.4 Å². The van der Waals surface area contributed by atoms with Crippen LogP contribution >= 0.6 is 23.7 Å². The zero-order chi connectivity index (χ0) is 13.8. The Labute approximate surface area is 126 Å². The minimum Gasteiger partial charge on any atom is -0.433 e. The minimum absolute atomic E-state index is 0. The van der Waals surface area contributed by atoms with Crippen LogP contribution in [0.5, 0.6) is 5.75 Å². The van der Waals surface area contributed by atoms with Crippen molar-refractivity contribution in [3.63, 3.8) is 0 Å². The number of carbonyl (C=O) groups is 1. The molecule has 114 valence electrons. The molecule has 1 N–H and O–H groups in total. The van der Waals surface area contributed by atoms with Crippen molar-refractivity contribution >= 4 is 29.7 Å². The Morgan fingerprint density at radius 3 is 2.90 bits per heavy atom. The van der Waals surface area contributed by atoms with Gasteiger partial charge in [-0.05, 0) is 26.0 Å². The van der Waals surface area contributed by atoms with Crippen LogP contribution in [0.2, 0.25) is 0 Å². The van der Waals surface area contributed by atoms with Crippen molar-refractivity contribution in [3.8, 4) is 5.75 Å². The SMILES string of the molecule is Cc1cc(OC(F)F)c(C(=O)N2CCCNCC2)s1.Cl. The van der Waals surface area contributed by atoms with Crippen LogP contribution < -0.4 is 10.1 Å². The zero-order valence-corrected chi connectivity index (χ0v) is 12.7. The molecule has 2 heterocycles. The molecule has 0 spiro atoms. The largest absolute Gasteiger partial charge is 0.433 e. The highest BCUT2D eigenvalue weighted by atomic mass is 35.5. The highest BCUT2D eigenvalue weighted by Crippen LogP contribution is 2.31. The van der Waals surface area contributed by atoms with Crippen LogP contribution in [-0.4, -0.2) is 43.6 Å². The molecule has 2 rings (SSSR count). The van der Waals surface area contributed by atoms with E-state index in [1.54, 1.807) is 11.8 Å². The Morgan fingerprint density at radius 1 is 1.45 bits per heavy atom. The highest BCUT2D eigenvalue weighted by Gasteiger charge is 2.24. The number of aryl methyl sites for hydroxylation is 1. The number of alkyl halides is 2. The highest BCUT2D eigenvalue weighted by molar-refractivity contribution is 7.14. The Morgan fingerprint density at radius 2 is 2.20 bits per heavy atom. The number of ether oxygens (including phenoxy) is 1. The minimum atomic E-state index is -2.91. The summed E-state index contributed by atoms with van der Waals surface area (Å²) in [6.45, 7) is 1.67. The van der Waals surface area contributed by atoms with Crippen LogP contribution in [-0.2, 0) is 0 Å². The van der Waals surface area contributed by atoms with Crippen molar-refractivity contribution in [3.05, 3.63) is 15.8 Å². The van der Waals surface area contributed by atoms with E-state index < -0.39 is 6.61 Å². The Kier molecular flexibility index (Phi) is 6.64. The van der Waals surface area contributed by atoms with E-state index in [2.05, 4.69) is 10.1 Å². The van der Waals surface area contributed by atoms with E-state index in [9.17, 15) is 13.6 Å². The first-order chi connectivity index (χ1) is 9.08. The number of nitrogens with zero attached hydrogens (tertiary/aromatic N) is 1. The van der Waals surface area contributed by atoms with Crippen molar-refractivity contribution in [2.75, 3.05) is 26.2 Å². The average molecular weight is 327 g/mol. The van der Waals surface area contributed by atoms with Crippen molar-refractivity contribution < 1.29 is 18.3 Å². The van der Waals surface area contributed by atoms with Crippen molar-refractivity contribution in [1.29, 1.82) is 0 Å². The predicted molar refractivity (Wildman–Crippen MR) is 76.3 cm³/mol. The van der Waals surface area contributed by atoms with Gasteiger partial charge in [-0.25, -0.2) is 0 Å². The van der Waals surface area contributed by atoms with Crippen LogP contribution in [0.25, 0.3) is 0 Å². The Balaban J connectivity index is 0.00000200. The molecule has 1 aromatic rings. The normalized spacial score (nSPS) is 15.7. The number of thiophene rings is 1. The van der Waals surface area contributed by atoms with E-state index in [1.807, 2.05) is 0 Å². The molecule has 0 radical (unpaired) electrons. The summed E-state index contributed by atoms with van der Waals surface area (Å²) in [5.41, 5.74) is 0. The fourth-order valence-corrected chi connectivity index (χ4v) is 2.93. The van der Waals surface area contributed by atoms with Crippen molar-refractivity contribution in [2.24, 2.45) is 0 Å². The molecule has 4 nitrogen and oxygen atoms in total. The third-order valence-electron chi connectivity index (χ3n) is 2.86. The molecule has 1 aliphatic rings. The molecule has 8 heteroatoms. The van der Waals surface area contributed by atoms with E-state index in [4.69, 9.17) is 0 Å². The predicted octanol–water partition coefficient (Wildman–Crippen LogP) is 2.52. The van der Waals surface area contributed by atoms with Crippen LogP contribution in [0.3, 0.4) is 0 Å². The van der Waals surface area contributed by atoms with Gasteiger partial charge < -0.3 is 15.0 Å². The third-order valence-corrected chi connectivity index (χ3v) is 3.88. The van der Waals surface area contributed by atoms with Gasteiger partial charge in [0.2, 0.25) is 0 Å². The number of halogens is 3. The lowest BCUT2D eigenvalue weighted by atomic mass is 10.3. The van der Waals surface area contributed by atoms with Crippen LogP contribution in [0.15, 0.2) is 6.07 Å². The topological polar surface area (TPSA) is 41.6 Å². The van der Waals surface area contributed by atoms with Gasteiger partial charge in [0, 0.05) is 24.5 Å². The van der Waals surface area contributed by atoms with E-state index >= 15 is 0 Å². The lowest BCUT2D eigenvalue weighted by Gasteiger charge is -2.19. The molecule has 0 saturated carbocycles. The second-order valence-corrected chi connectivity index (χ2v) is 5.58. The third kappa shape index (κ3) is 4.29. The molecule has 0 aliphatic carbocycles. The molecule has 1 aromatic heterocycles. The summed E-state index contributed by atoms with van der Waals surface area (Å²) < 4.78 is 29.1. The number of nitrogens with one attached hydrogen (secondary N) is 1. The van der Waals surface area contributed by atoms with Crippen molar-refractivity contribution in [1.82, 2.24) is 10.2 Å². The number of rotatable bonds is 3. The van der Waals surface area contributed by atoms with Gasteiger partial charge in [-0.2, -0.15) is 8.78 Å². The summed E-state index contributed by atoms with van der Waals surface area (Å²) in [6, 6.07) is 1.49. The van der Waals surface area contributed by atoms with Gasteiger partial charge in [-0.15, -0.1) is 23.7 Å². The summed E-state index contributed by atoms with van der Waals surface area (Å²) in [6.07, 6.45) is 0.862. The molecule has 1 amide bonds. The smallest absolute Gasteiger partial charge is 0.387 e. The molecule has 1 aliphatic heterocycles. The summed E-state index contributed by atoms with van der Waals surface area (Å²) in [5, 5.41) is 3.19. The molecule has 1 fully saturated rings. The van der Waals surface area contributed by atoms with Gasteiger partial charge in [-0.3, -0.25) is 4.79 Å². The molecular formula is C12H17ClF2N2O2S. The van der Waals surface area contributed by atoms with Gasteiger partial charge >= 0.3 is 6.61 Å². The van der Waals surface area contributed by atoms with E-state index in [0.717, 1.165) is 24.4 Å². The summed E-state index contributed by atoms with van der Waals surface area (Å²) in [4.78, 5) is 15.1. The summed E-state index contributed by atoms with van der Waals surface area (Å²) >= 11 is 1.19. The molecule has 0 aromatic carbocycles. The fourth-order valence-electron chi connectivity index (χ4n) is 2.02. The number of amides is 1. The first-order valence-electron chi connectivity index (χ1n) is 6.13. The second-order valence-electron chi connectivity index (χ2n) is 4.32. The number of hydrogen-bond donors (Lipinski definition) is 1. The Hall–Kier alpha value is -0.920. The molecule has 0 bridgehead atoms. The second kappa shape index (κ2) is 7.75. The lowest BCUT2D eigenvalue weighted by molar-refractivity contribution is -0.0499. The monoisotopic (exact) mass is 326 g/mol. The zero-order valence-electron chi connectivity index (χ0n) is 11.0. The van der Waals surface area contributed by atoms with Gasteiger partial charge in [0.05, 0.1) is 0 Å². The molecular weight excluding hydrogens is 310 g/mol. The van der Waals surface area contributed by atoms with Crippen molar-refractivity contribution in [2.45, 2.75) is 20.0 Å². The van der Waals surface area contributed by atoms with Gasteiger partial charge in [0.15, 0.2) is 0 Å². The lowest BCUT2D eigenvalue weighted by Crippen LogP contribution is -2.34. The molecule has 1 saturated heterocycles. The van der Waals surface area contributed by atoms with Crippen LogP contribution in [0.1, 0.15) is 21.0 Å². The molecule has 0 atom stereocenters. The standard InChI is InChI=1S/C12H16F2N2O2S.ClH/c1-8-7-9(18-12(13)14)10(19-8)11(17)16-5-2-3-15-4-6-16;/h7,12,15H,2-6H2,1H3;1H. The Bertz CT molecular complexity index is 449. The summed E-state index contributed by atoms with van der Waals surface area (Å²) in [7, 11) is 0. The average Bonchev–Trinajstić information content (AvgIpc) is 2.57. The maximum absolute atomic E-state index is 12.4. The fraction of sp³-hybridized carbons (Fsp3) is 0.583. The van der Waals surface area contributed by atoms with Crippen LogP contribution in [0.4, 0.5) is 8.78 Å². The molecule has 20 heavy (non-hydrogen) atoms. The maximum Gasteiger partial charge on any atom is 0.387 e. The first kappa shape index (κ1) is 17.1. The van der Waals surface area contributed by atoms with Gasteiger partial charge in [0.1, 0.15) is 10.6 Å². The van der Waals surface area contributed by atoms with Gasteiger partial charge in [-0.1, -0.05) is 0 Å². The van der Waals surface area contributed by atoms with E-state index in [0.29, 0.717) is 13.1 Å².